The van der Waals surface area contributed by atoms with Crippen molar-refractivity contribution in [3.8, 4) is 11.6 Å². The molecule has 98 valence electrons. The number of aromatic carboxylic acids is 1. The molecule has 7 heteroatoms. The van der Waals surface area contributed by atoms with Crippen molar-refractivity contribution in [2.24, 2.45) is 0 Å². The number of rotatable bonds is 3. The molecule has 2 rings (SSSR count). The quantitative estimate of drug-likeness (QED) is 0.903. The molecular formula is C12H6Cl3NO3. The van der Waals surface area contributed by atoms with Crippen LogP contribution in [0, 0.1) is 0 Å². The normalized spacial score (nSPS) is 10.3. The second-order valence-corrected chi connectivity index (χ2v) is 4.65. The average molecular weight is 319 g/mol. The molecule has 0 fully saturated rings. The molecule has 0 aliphatic heterocycles. The van der Waals surface area contributed by atoms with Crippen molar-refractivity contribution >= 4 is 40.8 Å². The predicted molar refractivity (Wildman–Crippen MR) is 72.7 cm³/mol. The van der Waals surface area contributed by atoms with E-state index < -0.39 is 5.97 Å². The Bertz CT molecular complexity index is 646. The summed E-state index contributed by atoms with van der Waals surface area (Å²) in [5, 5.41) is 9.54. The van der Waals surface area contributed by atoms with Gasteiger partial charge in [0.2, 0.25) is 5.88 Å². The average Bonchev–Trinajstić information content (AvgIpc) is 2.36. The third-order valence-electron chi connectivity index (χ3n) is 2.19. The molecule has 0 spiro atoms. The summed E-state index contributed by atoms with van der Waals surface area (Å²) in [6, 6.07) is 5.88. The highest BCUT2D eigenvalue weighted by atomic mass is 35.5. The summed E-state index contributed by atoms with van der Waals surface area (Å²) in [5.74, 6) is -0.822. The van der Waals surface area contributed by atoms with E-state index in [-0.39, 0.29) is 16.5 Å². The van der Waals surface area contributed by atoms with Crippen LogP contribution in [0.25, 0.3) is 0 Å². The molecule has 0 unspecified atom stereocenters. The summed E-state index contributed by atoms with van der Waals surface area (Å²) in [4.78, 5) is 14.8. The van der Waals surface area contributed by atoms with Crippen molar-refractivity contribution in [1.82, 2.24) is 4.98 Å². The van der Waals surface area contributed by atoms with Crippen LogP contribution in [-0.2, 0) is 0 Å². The standard InChI is InChI=1S/C12H6Cl3NO3/c13-8-2-1-6(5-9(8)14)19-11-10(15)7(12(17)18)3-4-16-11/h1-5H,(H,17,18). The maximum Gasteiger partial charge on any atom is 0.337 e. The molecule has 1 N–H and O–H groups in total. The number of nitrogens with zero attached hydrogens (tertiary/aromatic N) is 1. The van der Waals surface area contributed by atoms with Crippen molar-refractivity contribution in [2.75, 3.05) is 0 Å². The van der Waals surface area contributed by atoms with E-state index in [1.165, 1.54) is 18.3 Å². The Morgan fingerprint density at radius 3 is 2.53 bits per heavy atom. The maximum atomic E-state index is 10.9. The van der Waals surface area contributed by atoms with Gasteiger partial charge in [0.1, 0.15) is 10.8 Å². The third-order valence-corrected chi connectivity index (χ3v) is 3.30. The van der Waals surface area contributed by atoms with E-state index in [0.29, 0.717) is 15.8 Å². The Balaban J connectivity index is 2.35. The summed E-state index contributed by atoms with van der Waals surface area (Å²) < 4.78 is 5.39. The van der Waals surface area contributed by atoms with Crippen molar-refractivity contribution < 1.29 is 14.6 Å². The van der Waals surface area contributed by atoms with E-state index in [1.807, 2.05) is 0 Å². The second kappa shape index (κ2) is 5.65. The van der Waals surface area contributed by atoms with E-state index in [2.05, 4.69) is 4.98 Å². The lowest BCUT2D eigenvalue weighted by Gasteiger charge is -2.08. The number of hydrogen-bond acceptors (Lipinski definition) is 3. The molecule has 1 aromatic carbocycles. The molecule has 19 heavy (non-hydrogen) atoms. The fourth-order valence-corrected chi connectivity index (χ4v) is 1.83. The number of benzene rings is 1. The number of pyridine rings is 1. The van der Waals surface area contributed by atoms with E-state index >= 15 is 0 Å². The fraction of sp³-hybridized carbons (Fsp3) is 0. The summed E-state index contributed by atoms with van der Waals surface area (Å²) in [6.07, 6.45) is 1.29. The molecule has 0 saturated carbocycles. The Labute approximate surface area is 123 Å². The maximum absolute atomic E-state index is 10.9. The van der Waals surface area contributed by atoms with Crippen LogP contribution >= 0.6 is 34.8 Å². The zero-order valence-electron chi connectivity index (χ0n) is 9.23. The molecule has 0 bridgehead atoms. The first kappa shape index (κ1) is 13.9. The molecule has 0 amide bonds. The van der Waals surface area contributed by atoms with E-state index in [0.717, 1.165) is 0 Å². The fourth-order valence-electron chi connectivity index (χ4n) is 1.31. The highest BCUT2D eigenvalue weighted by Gasteiger charge is 2.15. The number of aromatic nitrogens is 1. The minimum atomic E-state index is -1.16. The monoisotopic (exact) mass is 317 g/mol. The topological polar surface area (TPSA) is 59.4 Å². The van der Waals surface area contributed by atoms with Crippen LogP contribution in [0.4, 0.5) is 0 Å². The number of hydrogen-bond donors (Lipinski definition) is 1. The molecule has 4 nitrogen and oxygen atoms in total. The lowest BCUT2D eigenvalue weighted by atomic mass is 10.2. The zero-order chi connectivity index (χ0) is 14.0. The molecule has 0 aliphatic rings. The lowest BCUT2D eigenvalue weighted by molar-refractivity contribution is 0.0696. The van der Waals surface area contributed by atoms with Gasteiger partial charge >= 0.3 is 5.97 Å². The number of halogens is 3. The van der Waals surface area contributed by atoms with Crippen LogP contribution in [-0.4, -0.2) is 16.1 Å². The Hall–Kier alpha value is -1.49. The Kier molecular flexibility index (Phi) is 4.14. The predicted octanol–water partition coefficient (Wildman–Crippen LogP) is 4.53. The van der Waals surface area contributed by atoms with E-state index in [4.69, 9.17) is 44.6 Å². The van der Waals surface area contributed by atoms with Crippen LogP contribution in [0.15, 0.2) is 30.5 Å². The molecular weight excluding hydrogens is 312 g/mol. The zero-order valence-corrected chi connectivity index (χ0v) is 11.5. The van der Waals surface area contributed by atoms with Gasteiger partial charge in [-0.1, -0.05) is 34.8 Å². The molecule has 2 aromatic rings. The molecule has 0 saturated heterocycles. The van der Waals surface area contributed by atoms with Gasteiger partial charge in [-0.3, -0.25) is 0 Å². The first-order valence-corrected chi connectivity index (χ1v) is 6.13. The minimum Gasteiger partial charge on any atom is -0.478 e. The van der Waals surface area contributed by atoms with E-state index in [1.54, 1.807) is 12.1 Å². The van der Waals surface area contributed by atoms with Gasteiger partial charge in [-0.15, -0.1) is 0 Å². The first-order valence-electron chi connectivity index (χ1n) is 4.99. The van der Waals surface area contributed by atoms with Crippen LogP contribution in [0.3, 0.4) is 0 Å². The van der Waals surface area contributed by atoms with Gasteiger partial charge in [-0.2, -0.15) is 0 Å². The molecule has 0 radical (unpaired) electrons. The van der Waals surface area contributed by atoms with Gasteiger partial charge in [-0.05, 0) is 18.2 Å². The Morgan fingerprint density at radius 1 is 1.16 bits per heavy atom. The van der Waals surface area contributed by atoms with Gasteiger partial charge in [0.25, 0.3) is 0 Å². The summed E-state index contributed by atoms with van der Waals surface area (Å²) in [5.41, 5.74) is -0.0910. The largest absolute Gasteiger partial charge is 0.478 e. The number of carboxylic acids is 1. The highest BCUT2D eigenvalue weighted by molar-refractivity contribution is 6.42. The first-order chi connectivity index (χ1) is 8.99. The Morgan fingerprint density at radius 2 is 1.89 bits per heavy atom. The summed E-state index contributed by atoms with van der Waals surface area (Å²) in [6.45, 7) is 0. The molecule has 0 aliphatic carbocycles. The van der Waals surface area contributed by atoms with Crippen LogP contribution in [0.1, 0.15) is 10.4 Å². The number of carbonyl (C=O) groups is 1. The van der Waals surface area contributed by atoms with Gasteiger partial charge in [-0.25, -0.2) is 9.78 Å². The van der Waals surface area contributed by atoms with Gasteiger partial charge < -0.3 is 9.84 Å². The van der Waals surface area contributed by atoms with E-state index in [9.17, 15) is 4.79 Å². The molecule has 1 aromatic heterocycles. The lowest BCUT2D eigenvalue weighted by Crippen LogP contribution is -2.00. The van der Waals surface area contributed by atoms with Gasteiger partial charge in [0.05, 0.1) is 15.6 Å². The summed E-state index contributed by atoms with van der Waals surface area (Å²) >= 11 is 17.5. The highest BCUT2D eigenvalue weighted by Crippen LogP contribution is 2.32. The van der Waals surface area contributed by atoms with Crippen LogP contribution < -0.4 is 4.74 Å². The van der Waals surface area contributed by atoms with Crippen molar-refractivity contribution in [3.63, 3.8) is 0 Å². The number of carboxylic acid groups (broad SMARTS) is 1. The van der Waals surface area contributed by atoms with Gasteiger partial charge in [0, 0.05) is 12.3 Å². The van der Waals surface area contributed by atoms with Crippen LogP contribution in [0.5, 0.6) is 11.6 Å². The SMILES string of the molecule is O=C(O)c1ccnc(Oc2ccc(Cl)c(Cl)c2)c1Cl. The van der Waals surface area contributed by atoms with Gasteiger partial charge in [0.15, 0.2) is 0 Å². The molecule has 1 heterocycles. The molecule has 0 atom stereocenters. The summed E-state index contributed by atoms with van der Waals surface area (Å²) in [7, 11) is 0. The second-order valence-electron chi connectivity index (χ2n) is 3.46. The number of ether oxygens (including phenoxy) is 1. The van der Waals surface area contributed by atoms with Crippen molar-refractivity contribution in [3.05, 3.63) is 51.1 Å². The smallest absolute Gasteiger partial charge is 0.337 e. The minimum absolute atomic E-state index is 0.0139. The van der Waals surface area contributed by atoms with Crippen molar-refractivity contribution in [1.29, 1.82) is 0 Å². The van der Waals surface area contributed by atoms with Crippen LogP contribution in [0.2, 0.25) is 15.1 Å². The van der Waals surface area contributed by atoms with Crippen molar-refractivity contribution in [2.45, 2.75) is 0 Å². The third kappa shape index (κ3) is 3.10.